The zero-order valence-corrected chi connectivity index (χ0v) is 23.6. The quantitative estimate of drug-likeness (QED) is 0.122. The Morgan fingerprint density at radius 2 is 1.11 bits per heavy atom. The van der Waals surface area contributed by atoms with E-state index in [2.05, 4.69) is 93.6 Å². The van der Waals surface area contributed by atoms with E-state index in [9.17, 15) is 10.0 Å². The van der Waals surface area contributed by atoms with Crippen molar-refractivity contribution >= 4 is 25.3 Å². The number of benzene rings is 3. The maximum atomic E-state index is 9.45. The van der Waals surface area contributed by atoms with E-state index in [1.54, 1.807) is 0 Å². The van der Waals surface area contributed by atoms with Crippen molar-refractivity contribution in [1.82, 2.24) is 0 Å². The Bertz CT molecular complexity index is 1160. The number of hydrogen-bond acceptors (Lipinski definition) is 2. The van der Waals surface area contributed by atoms with Gasteiger partial charge >= 0.3 is 7.12 Å². The van der Waals surface area contributed by atoms with Crippen molar-refractivity contribution in [3.05, 3.63) is 100 Å². The third kappa shape index (κ3) is 9.78. The second-order valence-corrected chi connectivity index (χ2v) is 10.5. The summed E-state index contributed by atoms with van der Waals surface area (Å²) in [5.74, 6) is 1.47. The standard InChI is InChI=1S/C35H45BO2/c1-4-6-8-10-12-32-27-35(24-25-36(37)38)33(13-11-9-7-5-2)26-34(32)23-18-29-16-21-31(22-17-29)30-19-14-28(3)15-20-30/h14-27,37-38H,4-13H2,1-3H3/b23-18+,25-24+. The first-order valence-corrected chi connectivity index (χ1v) is 14.6. The lowest BCUT2D eigenvalue weighted by molar-refractivity contribution is 0.424. The van der Waals surface area contributed by atoms with Gasteiger partial charge < -0.3 is 10.0 Å². The molecule has 0 heterocycles. The lowest BCUT2D eigenvalue weighted by Crippen LogP contribution is -2.06. The Balaban J connectivity index is 1.88. The zero-order chi connectivity index (χ0) is 27.2. The molecule has 0 aliphatic carbocycles. The Morgan fingerprint density at radius 3 is 1.61 bits per heavy atom. The van der Waals surface area contributed by atoms with Gasteiger partial charge in [-0.1, -0.05) is 143 Å². The minimum absolute atomic E-state index is 1.00. The molecule has 2 N–H and O–H groups in total. The molecule has 0 radical (unpaired) electrons. The molecule has 0 amide bonds. The summed E-state index contributed by atoms with van der Waals surface area (Å²) in [6.45, 7) is 6.60. The molecule has 200 valence electrons. The van der Waals surface area contributed by atoms with E-state index >= 15 is 0 Å². The average molecular weight is 509 g/mol. The molecule has 3 rings (SSSR count). The Hall–Kier alpha value is -2.88. The number of hydrogen-bond donors (Lipinski definition) is 2. The second-order valence-electron chi connectivity index (χ2n) is 10.5. The lowest BCUT2D eigenvalue weighted by atomic mass is 9.87. The fraction of sp³-hybridized carbons (Fsp3) is 0.371. The van der Waals surface area contributed by atoms with Crippen LogP contribution in [0.5, 0.6) is 0 Å². The van der Waals surface area contributed by atoms with Crippen molar-refractivity contribution in [2.75, 3.05) is 0 Å². The molecule has 0 atom stereocenters. The molecule has 0 saturated carbocycles. The van der Waals surface area contributed by atoms with Gasteiger partial charge in [-0.2, -0.15) is 0 Å². The van der Waals surface area contributed by atoms with Gasteiger partial charge in [0.1, 0.15) is 0 Å². The normalized spacial score (nSPS) is 11.6. The maximum Gasteiger partial charge on any atom is 0.480 e. The van der Waals surface area contributed by atoms with Crippen LogP contribution in [0.25, 0.3) is 29.4 Å². The first-order chi connectivity index (χ1) is 18.5. The highest BCUT2D eigenvalue weighted by molar-refractivity contribution is 6.48. The van der Waals surface area contributed by atoms with Crippen molar-refractivity contribution in [2.45, 2.75) is 85.0 Å². The van der Waals surface area contributed by atoms with Crippen LogP contribution < -0.4 is 0 Å². The molecular weight excluding hydrogens is 463 g/mol. The molecule has 0 aliphatic heterocycles. The molecule has 3 heteroatoms. The monoisotopic (exact) mass is 508 g/mol. The van der Waals surface area contributed by atoms with E-state index in [-0.39, 0.29) is 0 Å². The summed E-state index contributed by atoms with van der Waals surface area (Å²) in [6.07, 6.45) is 18.1. The summed E-state index contributed by atoms with van der Waals surface area (Å²) in [4.78, 5) is 0. The molecule has 3 aromatic rings. The van der Waals surface area contributed by atoms with Crippen LogP contribution in [0.4, 0.5) is 0 Å². The average Bonchev–Trinajstić information content (AvgIpc) is 2.92. The number of rotatable bonds is 15. The Labute approximate surface area is 231 Å². The van der Waals surface area contributed by atoms with Crippen LogP contribution in [0.1, 0.15) is 98.6 Å². The highest BCUT2D eigenvalue weighted by Gasteiger charge is 2.09. The van der Waals surface area contributed by atoms with Crippen LogP contribution in [0.15, 0.2) is 66.6 Å². The van der Waals surface area contributed by atoms with Crippen molar-refractivity contribution in [3.8, 4) is 11.1 Å². The molecule has 0 saturated heterocycles. The van der Waals surface area contributed by atoms with E-state index < -0.39 is 7.12 Å². The Kier molecular flexibility index (Phi) is 12.6. The molecule has 0 bridgehead atoms. The minimum Gasteiger partial charge on any atom is -0.424 e. The molecule has 2 nitrogen and oxygen atoms in total. The molecule has 0 spiro atoms. The van der Waals surface area contributed by atoms with Gasteiger partial charge in [-0.15, -0.1) is 0 Å². The molecule has 0 aromatic heterocycles. The fourth-order valence-corrected chi connectivity index (χ4v) is 4.86. The van der Waals surface area contributed by atoms with Crippen LogP contribution in [-0.4, -0.2) is 17.2 Å². The van der Waals surface area contributed by atoms with E-state index in [0.717, 1.165) is 24.8 Å². The van der Waals surface area contributed by atoms with Crippen LogP contribution >= 0.6 is 0 Å². The van der Waals surface area contributed by atoms with Crippen molar-refractivity contribution in [1.29, 1.82) is 0 Å². The van der Waals surface area contributed by atoms with Crippen LogP contribution in [0.3, 0.4) is 0 Å². The van der Waals surface area contributed by atoms with Crippen LogP contribution in [0, 0.1) is 6.92 Å². The van der Waals surface area contributed by atoms with Gasteiger partial charge in [0.15, 0.2) is 0 Å². The van der Waals surface area contributed by atoms with Gasteiger partial charge in [0.2, 0.25) is 0 Å². The summed E-state index contributed by atoms with van der Waals surface area (Å²) >= 11 is 0. The fourth-order valence-electron chi connectivity index (χ4n) is 4.86. The molecule has 0 fully saturated rings. The smallest absolute Gasteiger partial charge is 0.424 e. The summed E-state index contributed by atoms with van der Waals surface area (Å²) in [5, 5.41) is 18.9. The highest BCUT2D eigenvalue weighted by atomic mass is 16.4. The summed E-state index contributed by atoms with van der Waals surface area (Å²) < 4.78 is 0. The molecular formula is C35H45BO2. The van der Waals surface area contributed by atoms with E-state index in [1.807, 2.05) is 6.08 Å². The third-order valence-electron chi connectivity index (χ3n) is 7.20. The first kappa shape index (κ1) is 29.7. The van der Waals surface area contributed by atoms with E-state index in [0.29, 0.717) is 0 Å². The van der Waals surface area contributed by atoms with Crippen molar-refractivity contribution in [3.63, 3.8) is 0 Å². The predicted octanol–water partition coefficient (Wildman–Crippen LogP) is 9.10. The molecule has 0 aliphatic rings. The predicted molar refractivity (Wildman–Crippen MR) is 167 cm³/mol. The van der Waals surface area contributed by atoms with Gasteiger partial charge in [0.25, 0.3) is 0 Å². The van der Waals surface area contributed by atoms with Crippen LogP contribution in [-0.2, 0) is 12.8 Å². The summed E-state index contributed by atoms with van der Waals surface area (Å²) in [7, 11) is -1.43. The van der Waals surface area contributed by atoms with Gasteiger partial charge in [-0.05, 0) is 71.6 Å². The number of unbranched alkanes of at least 4 members (excludes halogenated alkanes) is 6. The van der Waals surface area contributed by atoms with E-state index in [1.165, 1.54) is 89.9 Å². The molecule has 38 heavy (non-hydrogen) atoms. The largest absolute Gasteiger partial charge is 0.480 e. The Morgan fingerprint density at radius 1 is 0.605 bits per heavy atom. The van der Waals surface area contributed by atoms with Crippen molar-refractivity contribution in [2.24, 2.45) is 0 Å². The second kappa shape index (κ2) is 16.2. The SMILES string of the molecule is CCCCCCc1cc(/C=C/c2ccc(-c3ccc(C)cc3)cc2)c(CCCCCC)cc1/C=C/B(O)O. The van der Waals surface area contributed by atoms with Crippen LogP contribution in [0.2, 0.25) is 0 Å². The van der Waals surface area contributed by atoms with Gasteiger partial charge in [-0.3, -0.25) is 0 Å². The lowest BCUT2D eigenvalue weighted by Gasteiger charge is -2.14. The maximum absolute atomic E-state index is 9.45. The third-order valence-corrected chi connectivity index (χ3v) is 7.20. The summed E-state index contributed by atoms with van der Waals surface area (Å²) in [6, 6.07) is 22.1. The topological polar surface area (TPSA) is 40.5 Å². The molecule has 3 aromatic carbocycles. The molecule has 0 unspecified atom stereocenters. The zero-order valence-electron chi connectivity index (χ0n) is 23.6. The minimum atomic E-state index is -1.43. The van der Waals surface area contributed by atoms with Gasteiger partial charge in [-0.25, -0.2) is 0 Å². The van der Waals surface area contributed by atoms with Crippen molar-refractivity contribution < 1.29 is 10.0 Å². The summed E-state index contributed by atoms with van der Waals surface area (Å²) in [5.41, 5.74) is 9.94. The van der Waals surface area contributed by atoms with Gasteiger partial charge in [0.05, 0.1) is 0 Å². The number of aryl methyl sites for hydroxylation is 3. The van der Waals surface area contributed by atoms with Gasteiger partial charge in [0, 0.05) is 0 Å². The van der Waals surface area contributed by atoms with E-state index in [4.69, 9.17) is 0 Å². The highest BCUT2D eigenvalue weighted by Crippen LogP contribution is 2.26. The first-order valence-electron chi connectivity index (χ1n) is 14.6.